The molecule has 0 bridgehead atoms. The van der Waals surface area contributed by atoms with Gasteiger partial charge in [-0.05, 0) is 30.7 Å². The van der Waals surface area contributed by atoms with E-state index in [4.69, 9.17) is 5.73 Å². The molecule has 17 heavy (non-hydrogen) atoms. The van der Waals surface area contributed by atoms with Crippen LogP contribution in [-0.4, -0.2) is 16.5 Å². The molecule has 1 aromatic heterocycles. The second-order valence-corrected chi connectivity index (χ2v) is 3.81. The van der Waals surface area contributed by atoms with Gasteiger partial charge in [-0.25, -0.2) is 9.97 Å². The second-order valence-electron chi connectivity index (χ2n) is 3.81. The molecule has 0 amide bonds. The number of hydrogen-bond acceptors (Lipinski definition) is 4. The summed E-state index contributed by atoms with van der Waals surface area (Å²) in [5.74, 6) is 0.748. The molecule has 0 saturated carbocycles. The van der Waals surface area contributed by atoms with Gasteiger partial charge in [0.2, 0.25) is 5.95 Å². The molecule has 0 aliphatic carbocycles. The van der Waals surface area contributed by atoms with Crippen molar-refractivity contribution in [1.29, 1.82) is 0 Å². The molecule has 4 heteroatoms. The van der Waals surface area contributed by atoms with Gasteiger partial charge in [-0.3, -0.25) is 0 Å². The fourth-order valence-electron chi connectivity index (χ4n) is 1.69. The van der Waals surface area contributed by atoms with E-state index in [-0.39, 0.29) is 0 Å². The quantitative estimate of drug-likeness (QED) is 0.814. The minimum atomic E-state index is 0.748. The molecule has 2 N–H and O–H groups in total. The Hall–Kier alpha value is -2.10. The molecule has 4 nitrogen and oxygen atoms in total. The van der Waals surface area contributed by atoms with Crippen LogP contribution >= 0.6 is 0 Å². The first-order valence-corrected chi connectivity index (χ1v) is 5.66. The Labute approximate surface area is 101 Å². The second kappa shape index (κ2) is 5.30. The van der Waals surface area contributed by atoms with Crippen LogP contribution in [0, 0.1) is 0 Å². The molecule has 1 heterocycles. The molecule has 88 valence electrons. The normalized spacial score (nSPS) is 10.2. The smallest absolute Gasteiger partial charge is 0.225 e. The number of benzene rings is 1. The highest BCUT2D eigenvalue weighted by atomic mass is 15.2. The van der Waals surface area contributed by atoms with Gasteiger partial charge in [0.05, 0.1) is 0 Å². The molecule has 0 unspecified atom stereocenters. The van der Waals surface area contributed by atoms with E-state index < -0.39 is 0 Å². The molecule has 0 radical (unpaired) electrons. The van der Waals surface area contributed by atoms with Crippen molar-refractivity contribution in [2.75, 3.05) is 17.2 Å². The highest BCUT2D eigenvalue weighted by Gasteiger charge is 2.07. The van der Waals surface area contributed by atoms with Gasteiger partial charge in [0, 0.05) is 31.2 Å². The number of anilines is 2. The zero-order valence-electron chi connectivity index (χ0n) is 9.87. The minimum absolute atomic E-state index is 0.748. The summed E-state index contributed by atoms with van der Waals surface area (Å²) in [6.07, 6.45) is 3.51. The highest BCUT2D eigenvalue weighted by Crippen LogP contribution is 2.13. The average molecular weight is 228 g/mol. The monoisotopic (exact) mass is 228 g/mol. The molecule has 0 atom stereocenters. The van der Waals surface area contributed by atoms with E-state index in [0.717, 1.165) is 24.7 Å². The van der Waals surface area contributed by atoms with Gasteiger partial charge >= 0.3 is 0 Å². The Morgan fingerprint density at radius 2 is 1.94 bits per heavy atom. The number of nitrogens with zero attached hydrogens (tertiary/aromatic N) is 3. The van der Waals surface area contributed by atoms with Crippen LogP contribution in [0.1, 0.15) is 12.5 Å². The van der Waals surface area contributed by atoms with E-state index in [1.165, 1.54) is 5.56 Å². The van der Waals surface area contributed by atoms with Crippen molar-refractivity contribution in [2.45, 2.75) is 13.5 Å². The van der Waals surface area contributed by atoms with Crippen molar-refractivity contribution in [2.24, 2.45) is 0 Å². The lowest BCUT2D eigenvalue weighted by Crippen LogP contribution is -2.24. The molecule has 0 saturated heterocycles. The van der Waals surface area contributed by atoms with Crippen LogP contribution in [-0.2, 0) is 6.54 Å². The van der Waals surface area contributed by atoms with Gasteiger partial charge in [0.15, 0.2) is 0 Å². The van der Waals surface area contributed by atoms with Crippen molar-refractivity contribution in [3.63, 3.8) is 0 Å². The van der Waals surface area contributed by atoms with Gasteiger partial charge in [-0.2, -0.15) is 0 Å². The lowest BCUT2D eigenvalue weighted by molar-refractivity contribution is 0.791. The summed E-state index contributed by atoms with van der Waals surface area (Å²) in [4.78, 5) is 10.6. The van der Waals surface area contributed by atoms with Crippen LogP contribution < -0.4 is 10.6 Å². The molecule has 2 aromatic rings. The maximum Gasteiger partial charge on any atom is 0.225 e. The molecule has 0 spiro atoms. The zero-order chi connectivity index (χ0) is 12.1. The Kier molecular flexibility index (Phi) is 3.55. The van der Waals surface area contributed by atoms with Crippen LogP contribution in [0.3, 0.4) is 0 Å². The Bertz CT molecular complexity index is 470. The van der Waals surface area contributed by atoms with Gasteiger partial charge in [0.25, 0.3) is 0 Å². The van der Waals surface area contributed by atoms with Crippen LogP contribution in [0.15, 0.2) is 42.7 Å². The largest absolute Gasteiger partial charge is 0.399 e. The van der Waals surface area contributed by atoms with E-state index in [1.807, 2.05) is 24.3 Å². The summed E-state index contributed by atoms with van der Waals surface area (Å²) in [5, 5.41) is 0. The lowest BCUT2D eigenvalue weighted by atomic mass is 10.2. The standard InChI is InChI=1S/C13H16N4/c1-2-17(13-15-7-4-8-16-13)10-11-5-3-6-12(14)9-11/h3-9H,2,10,14H2,1H3. The topological polar surface area (TPSA) is 55.0 Å². The first-order chi connectivity index (χ1) is 8.29. The Morgan fingerprint density at radius 1 is 1.18 bits per heavy atom. The summed E-state index contributed by atoms with van der Waals surface area (Å²) in [5.41, 5.74) is 7.72. The van der Waals surface area contributed by atoms with Gasteiger partial charge in [0.1, 0.15) is 0 Å². The van der Waals surface area contributed by atoms with Crippen molar-refractivity contribution in [1.82, 2.24) is 9.97 Å². The molecule has 0 aliphatic rings. The van der Waals surface area contributed by atoms with Crippen LogP contribution in [0.2, 0.25) is 0 Å². The van der Waals surface area contributed by atoms with E-state index in [9.17, 15) is 0 Å². The Balaban J connectivity index is 2.16. The number of nitrogens with two attached hydrogens (primary N) is 1. The SMILES string of the molecule is CCN(Cc1cccc(N)c1)c1ncccn1. The van der Waals surface area contributed by atoms with Crippen LogP contribution in [0.5, 0.6) is 0 Å². The van der Waals surface area contributed by atoms with E-state index in [0.29, 0.717) is 0 Å². The molecule has 0 fully saturated rings. The molecule has 0 aliphatic heterocycles. The third-order valence-corrected chi connectivity index (χ3v) is 2.54. The molecule has 2 rings (SSSR count). The number of hydrogen-bond donors (Lipinski definition) is 1. The summed E-state index contributed by atoms with van der Waals surface area (Å²) in [6.45, 7) is 3.72. The first-order valence-electron chi connectivity index (χ1n) is 5.66. The summed E-state index contributed by atoms with van der Waals surface area (Å²) >= 11 is 0. The fourth-order valence-corrected chi connectivity index (χ4v) is 1.69. The fraction of sp³-hybridized carbons (Fsp3) is 0.231. The van der Waals surface area contributed by atoms with Crippen molar-refractivity contribution in [3.8, 4) is 0 Å². The molecular weight excluding hydrogens is 212 g/mol. The highest BCUT2D eigenvalue weighted by molar-refractivity contribution is 5.42. The predicted octanol–water partition coefficient (Wildman–Crippen LogP) is 2.09. The summed E-state index contributed by atoms with van der Waals surface area (Å²) in [7, 11) is 0. The lowest BCUT2D eigenvalue weighted by Gasteiger charge is -2.20. The van der Waals surface area contributed by atoms with E-state index >= 15 is 0 Å². The van der Waals surface area contributed by atoms with Gasteiger partial charge < -0.3 is 10.6 Å². The van der Waals surface area contributed by atoms with E-state index in [1.54, 1.807) is 12.4 Å². The number of nitrogen functional groups attached to an aromatic ring is 1. The van der Waals surface area contributed by atoms with Crippen LogP contribution in [0.4, 0.5) is 11.6 Å². The van der Waals surface area contributed by atoms with Crippen molar-refractivity contribution < 1.29 is 0 Å². The third-order valence-electron chi connectivity index (χ3n) is 2.54. The maximum absolute atomic E-state index is 5.76. The zero-order valence-corrected chi connectivity index (χ0v) is 9.87. The molecule has 1 aromatic carbocycles. The Morgan fingerprint density at radius 3 is 2.59 bits per heavy atom. The van der Waals surface area contributed by atoms with Crippen LogP contribution in [0.25, 0.3) is 0 Å². The van der Waals surface area contributed by atoms with Gasteiger partial charge in [-0.1, -0.05) is 12.1 Å². The number of aromatic nitrogens is 2. The van der Waals surface area contributed by atoms with Crippen molar-refractivity contribution in [3.05, 3.63) is 48.3 Å². The first kappa shape index (κ1) is 11.4. The van der Waals surface area contributed by atoms with E-state index in [2.05, 4.69) is 27.9 Å². The average Bonchev–Trinajstić information content (AvgIpc) is 2.37. The number of rotatable bonds is 4. The predicted molar refractivity (Wildman–Crippen MR) is 69.6 cm³/mol. The van der Waals surface area contributed by atoms with Gasteiger partial charge in [-0.15, -0.1) is 0 Å². The summed E-state index contributed by atoms with van der Waals surface area (Å²) < 4.78 is 0. The maximum atomic E-state index is 5.76. The minimum Gasteiger partial charge on any atom is -0.399 e. The molecular formula is C13H16N4. The third kappa shape index (κ3) is 2.93. The summed E-state index contributed by atoms with van der Waals surface area (Å²) in [6, 6.07) is 9.70. The van der Waals surface area contributed by atoms with Crippen molar-refractivity contribution >= 4 is 11.6 Å².